The average molecular weight is 339 g/mol. The van der Waals surface area contributed by atoms with Crippen molar-refractivity contribution in [1.82, 2.24) is 4.98 Å². The fraction of sp³-hybridized carbons (Fsp3) is 0.0556. The molecule has 126 valence electrons. The second-order valence-corrected chi connectivity index (χ2v) is 5.22. The lowest BCUT2D eigenvalue weighted by molar-refractivity contribution is -0.114. The number of fused-ring (bicyclic) bond motifs is 1. The molecule has 0 fully saturated rings. The number of benzene rings is 2. The molecule has 0 aliphatic carbocycles. The molecule has 1 heterocycles. The van der Waals surface area contributed by atoms with Crippen molar-refractivity contribution >= 4 is 40.4 Å². The maximum absolute atomic E-state index is 13.6. The Bertz CT molecular complexity index is 946. The minimum Gasteiger partial charge on any atom is -0.437 e. The molecule has 2 N–H and O–H groups in total. The summed E-state index contributed by atoms with van der Waals surface area (Å²) >= 11 is 0. The van der Waals surface area contributed by atoms with Crippen LogP contribution in [0.25, 0.3) is 17.2 Å². The van der Waals surface area contributed by atoms with Crippen LogP contribution in [-0.2, 0) is 9.59 Å². The summed E-state index contributed by atoms with van der Waals surface area (Å²) in [7, 11) is 0. The predicted octanol–water partition coefficient (Wildman–Crippen LogP) is 3.58. The highest BCUT2D eigenvalue weighted by atomic mass is 19.1. The number of nitrogens with zero attached hydrogens (tertiary/aromatic N) is 1. The highest BCUT2D eigenvalue weighted by molar-refractivity contribution is 6.02. The van der Waals surface area contributed by atoms with E-state index in [0.717, 1.165) is 6.07 Å². The Balaban J connectivity index is 1.70. The number of nitrogens with one attached hydrogen (secondary N) is 2. The first-order chi connectivity index (χ1) is 12.0. The zero-order valence-electron chi connectivity index (χ0n) is 13.2. The molecule has 0 saturated heterocycles. The van der Waals surface area contributed by atoms with Crippen LogP contribution in [0, 0.1) is 5.82 Å². The summed E-state index contributed by atoms with van der Waals surface area (Å²) in [6.07, 6.45) is 2.69. The van der Waals surface area contributed by atoms with Crippen molar-refractivity contribution in [3.05, 3.63) is 60.2 Å². The Morgan fingerprint density at radius 2 is 1.96 bits per heavy atom. The van der Waals surface area contributed by atoms with Crippen molar-refractivity contribution in [2.24, 2.45) is 0 Å². The van der Waals surface area contributed by atoms with Crippen LogP contribution in [0.2, 0.25) is 0 Å². The lowest BCUT2D eigenvalue weighted by atomic mass is 10.2. The van der Waals surface area contributed by atoms with Gasteiger partial charge in [0, 0.05) is 24.8 Å². The number of oxazole rings is 1. The van der Waals surface area contributed by atoms with Crippen LogP contribution in [0.3, 0.4) is 0 Å². The fourth-order valence-corrected chi connectivity index (χ4v) is 2.18. The van der Waals surface area contributed by atoms with E-state index in [9.17, 15) is 14.0 Å². The first-order valence-electron chi connectivity index (χ1n) is 7.43. The number of carbonyl (C=O) groups excluding carboxylic acids is 2. The van der Waals surface area contributed by atoms with Crippen LogP contribution in [0.15, 0.2) is 53.0 Å². The lowest BCUT2D eigenvalue weighted by Gasteiger charge is -2.07. The number of aromatic nitrogens is 1. The van der Waals surface area contributed by atoms with Crippen LogP contribution < -0.4 is 10.6 Å². The molecule has 0 radical (unpaired) electrons. The van der Waals surface area contributed by atoms with Gasteiger partial charge in [0.25, 0.3) is 0 Å². The lowest BCUT2D eigenvalue weighted by Crippen LogP contribution is -2.10. The number of halogens is 1. The highest BCUT2D eigenvalue weighted by Gasteiger charge is 2.07. The monoisotopic (exact) mass is 339 g/mol. The van der Waals surface area contributed by atoms with E-state index in [1.54, 1.807) is 12.1 Å². The van der Waals surface area contributed by atoms with E-state index >= 15 is 0 Å². The van der Waals surface area contributed by atoms with Gasteiger partial charge in [-0.1, -0.05) is 12.1 Å². The van der Waals surface area contributed by atoms with E-state index in [4.69, 9.17) is 4.42 Å². The first kappa shape index (κ1) is 16.4. The number of carbonyl (C=O) groups is 2. The Hall–Kier alpha value is -3.48. The molecule has 6 nitrogen and oxygen atoms in total. The van der Waals surface area contributed by atoms with Crippen LogP contribution in [0.4, 0.5) is 15.8 Å². The van der Waals surface area contributed by atoms with E-state index in [-0.39, 0.29) is 5.69 Å². The van der Waals surface area contributed by atoms with E-state index in [2.05, 4.69) is 15.6 Å². The van der Waals surface area contributed by atoms with Gasteiger partial charge in [-0.05, 0) is 30.3 Å². The maximum Gasteiger partial charge on any atom is 0.248 e. The molecule has 2 aromatic carbocycles. The molecular formula is C18H14FN3O3. The predicted molar refractivity (Wildman–Crippen MR) is 92.4 cm³/mol. The number of amides is 2. The number of hydrogen-bond donors (Lipinski definition) is 2. The summed E-state index contributed by atoms with van der Waals surface area (Å²) < 4.78 is 19.0. The summed E-state index contributed by atoms with van der Waals surface area (Å²) in [6.45, 7) is 1.27. The molecule has 0 bridgehead atoms. The number of rotatable bonds is 4. The maximum atomic E-state index is 13.6. The molecule has 2 amide bonds. The van der Waals surface area contributed by atoms with Crippen LogP contribution in [0.1, 0.15) is 12.8 Å². The molecule has 0 saturated carbocycles. The smallest absolute Gasteiger partial charge is 0.248 e. The minimum atomic E-state index is -0.588. The third-order valence-electron chi connectivity index (χ3n) is 3.23. The van der Waals surface area contributed by atoms with Gasteiger partial charge >= 0.3 is 0 Å². The molecule has 0 spiro atoms. The fourth-order valence-electron chi connectivity index (χ4n) is 2.18. The molecule has 0 aliphatic heterocycles. The standard InChI is InChI=1S/C18H14FN3O3/c1-11(23)20-15-10-12(6-7-13(15)19)21-17(24)8-9-18-22-14-4-2-3-5-16(14)25-18/h2-10H,1H3,(H,20,23)(H,21,24)/b9-8+. The molecule has 0 unspecified atom stereocenters. The number of para-hydroxylation sites is 2. The summed E-state index contributed by atoms with van der Waals surface area (Å²) in [6, 6.07) is 11.1. The zero-order valence-corrected chi connectivity index (χ0v) is 13.2. The SMILES string of the molecule is CC(=O)Nc1cc(NC(=O)/C=C/c2nc3ccccc3o2)ccc1F. The number of hydrogen-bond acceptors (Lipinski definition) is 4. The van der Waals surface area contributed by atoms with Crippen LogP contribution in [0.5, 0.6) is 0 Å². The zero-order chi connectivity index (χ0) is 17.8. The van der Waals surface area contributed by atoms with Crippen molar-refractivity contribution in [2.75, 3.05) is 10.6 Å². The highest BCUT2D eigenvalue weighted by Crippen LogP contribution is 2.20. The third kappa shape index (κ3) is 4.08. The molecular weight excluding hydrogens is 325 g/mol. The molecule has 25 heavy (non-hydrogen) atoms. The van der Waals surface area contributed by atoms with E-state index in [1.165, 1.54) is 31.2 Å². The minimum absolute atomic E-state index is 0.00627. The second kappa shape index (κ2) is 6.96. The van der Waals surface area contributed by atoms with Gasteiger partial charge in [-0.15, -0.1) is 0 Å². The van der Waals surface area contributed by atoms with Gasteiger partial charge in [-0.2, -0.15) is 0 Å². The Kier molecular flexibility index (Phi) is 4.56. The van der Waals surface area contributed by atoms with Crippen molar-refractivity contribution < 1.29 is 18.4 Å². The van der Waals surface area contributed by atoms with Gasteiger partial charge in [0.05, 0.1) is 5.69 Å². The second-order valence-electron chi connectivity index (χ2n) is 5.22. The van der Waals surface area contributed by atoms with Crippen molar-refractivity contribution in [3.8, 4) is 0 Å². The molecule has 3 rings (SSSR count). The Morgan fingerprint density at radius 1 is 1.16 bits per heavy atom. The number of anilines is 2. The van der Waals surface area contributed by atoms with E-state index < -0.39 is 17.6 Å². The van der Waals surface area contributed by atoms with Crippen LogP contribution >= 0.6 is 0 Å². The Morgan fingerprint density at radius 3 is 2.72 bits per heavy atom. The van der Waals surface area contributed by atoms with Gasteiger partial charge in [-0.3, -0.25) is 9.59 Å². The third-order valence-corrected chi connectivity index (χ3v) is 3.23. The molecule has 0 aliphatic rings. The van der Waals surface area contributed by atoms with Gasteiger partial charge in [0.2, 0.25) is 17.7 Å². The van der Waals surface area contributed by atoms with E-state index in [1.807, 2.05) is 12.1 Å². The summed E-state index contributed by atoms with van der Waals surface area (Å²) in [5, 5.41) is 4.92. The Labute approximate surface area is 142 Å². The normalized spacial score (nSPS) is 11.0. The topological polar surface area (TPSA) is 84.2 Å². The summed E-state index contributed by atoms with van der Waals surface area (Å²) in [5.41, 5.74) is 1.66. The average Bonchev–Trinajstić information content (AvgIpc) is 2.98. The quantitative estimate of drug-likeness (QED) is 0.712. The largest absolute Gasteiger partial charge is 0.437 e. The van der Waals surface area contributed by atoms with Crippen molar-refractivity contribution in [2.45, 2.75) is 6.92 Å². The summed E-state index contributed by atoms with van der Waals surface area (Å²) in [4.78, 5) is 27.2. The van der Waals surface area contributed by atoms with Gasteiger partial charge in [0.1, 0.15) is 11.3 Å². The molecule has 0 atom stereocenters. The van der Waals surface area contributed by atoms with Gasteiger partial charge < -0.3 is 15.1 Å². The molecule has 7 heteroatoms. The van der Waals surface area contributed by atoms with Crippen molar-refractivity contribution in [1.29, 1.82) is 0 Å². The van der Waals surface area contributed by atoms with Gasteiger partial charge in [0.15, 0.2) is 5.58 Å². The van der Waals surface area contributed by atoms with Crippen molar-refractivity contribution in [3.63, 3.8) is 0 Å². The molecule has 1 aromatic heterocycles. The van der Waals surface area contributed by atoms with Gasteiger partial charge in [-0.25, -0.2) is 9.37 Å². The first-order valence-corrected chi connectivity index (χ1v) is 7.43. The molecule has 3 aromatic rings. The summed E-state index contributed by atoms with van der Waals surface area (Å²) in [5.74, 6) is -1.13. The van der Waals surface area contributed by atoms with E-state index in [0.29, 0.717) is 22.7 Å². The van der Waals surface area contributed by atoms with Crippen LogP contribution in [-0.4, -0.2) is 16.8 Å².